The number of amides is 7. The fourth-order valence-electron chi connectivity index (χ4n) is 10.5. The van der Waals surface area contributed by atoms with Gasteiger partial charge in [-0.05, 0) is 112 Å². The molecule has 18 heteroatoms. The molecular weight excluding hydrogens is 993 g/mol. The third-order valence-electron chi connectivity index (χ3n) is 15.3. The van der Waals surface area contributed by atoms with Crippen LogP contribution < -0.4 is 26.6 Å². The van der Waals surface area contributed by atoms with Gasteiger partial charge in [0.2, 0.25) is 35.4 Å². The number of likely N-dealkylation sites (N-methyl/N-ethyl adjacent to an activating group) is 2. The standard InChI is InChI=1S/C60H84N8O10/c1-35(61-12)50(69)64-48(58(3,4)5)54(73)67-33-41-30-39(27-28-40(41)31-46(67)52(71)62-44-26-20-24-38-23-18-19-25-43(38)44)42-32-47(53(72)63-45(56(75)77-14)29-37-21-16-15-17-22-37)68(34-42)55(74)49(59(6,7)8)65-51(70)36(2)66(13)57(76)78-60(9,10)11/h15-19,21-23,25,27-28,30,35-36,42,44-49,61H,20,24,26,29,31-34H2,1-14H3,(H,62,71)(H,63,72)(H,64,69)(H,65,70)/t35-,36-,42-,44+,45-,46-,47-,48+,49+/m0/s1. The third-order valence-corrected chi connectivity index (χ3v) is 15.3. The first kappa shape index (κ1) is 60.4. The summed E-state index contributed by atoms with van der Waals surface area (Å²) in [7, 11) is 4.35. The summed E-state index contributed by atoms with van der Waals surface area (Å²) >= 11 is 0. The molecule has 5 N–H and O–H groups in total. The van der Waals surface area contributed by atoms with Crippen molar-refractivity contribution in [3.8, 4) is 0 Å². The first-order valence-electron chi connectivity index (χ1n) is 27.3. The highest BCUT2D eigenvalue weighted by Gasteiger charge is 2.48. The molecular formula is C60H84N8O10. The molecule has 1 saturated heterocycles. The van der Waals surface area contributed by atoms with E-state index in [1.807, 2.05) is 87.5 Å². The van der Waals surface area contributed by atoms with Crippen molar-refractivity contribution in [1.82, 2.24) is 41.3 Å². The maximum Gasteiger partial charge on any atom is 0.410 e. The normalized spacial score (nSPS) is 20.3. The zero-order valence-corrected chi connectivity index (χ0v) is 48.2. The number of rotatable bonds is 16. The minimum atomic E-state index is -1.19. The zero-order valence-electron chi connectivity index (χ0n) is 48.2. The Kier molecular flexibility index (Phi) is 19.3. The van der Waals surface area contributed by atoms with Crippen LogP contribution in [-0.4, -0.2) is 138 Å². The van der Waals surface area contributed by atoms with Gasteiger partial charge in [-0.3, -0.25) is 33.7 Å². The van der Waals surface area contributed by atoms with E-state index in [0.29, 0.717) is 0 Å². The molecule has 424 valence electrons. The van der Waals surface area contributed by atoms with Crippen LogP contribution >= 0.6 is 0 Å². The molecule has 0 spiro atoms. The van der Waals surface area contributed by atoms with E-state index in [0.717, 1.165) is 52.0 Å². The molecule has 6 rings (SSSR count). The molecule has 1 fully saturated rings. The van der Waals surface area contributed by atoms with E-state index >= 15 is 9.59 Å². The van der Waals surface area contributed by atoms with Crippen molar-refractivity contribution in [2.75, 3.05) is 27.7 Å². The SMILES string of the molecule is CN[C@@H](C)C(=O)N[C@H](C(=O)N1Cc2cc([C@H]3C[C@@H](C(=O)N[C@@H](Cc4ccccc4)C(=O)OC)N(C(=O)[C@@H](NC(=O)[C@H](C)N(C)C(=O)OC(C)(C)C)C(C)(C)C)C3)ccc2C[C@H]1C(=O)N[C@@H]1CCCc2ccccc21)C(C)(C)C. The van der Waals surface area contributed by atoms with Gasteiger partial charge in [0.05, 0.1) is 19.2 Å². The lowest BCUT2D eigenvalue weighted by atomic mass is 9.83. The number of methoxy groups -OCH3 is 1. The lowest BCUT2D eigenvalue weighted by Crippen LogP contribution is -2.62. The second-order valence-electron chi connectivity index (χ2n) is 24.5. The summed E-state index contributed by atoms with van der Waals surface area (Å²) < 4.78 is 10.7. The van der Waals surface area contributed by atoms with E-state index in [9.17, 15) is 28.8 Å². The van der Waals surface area contributed by atoms with Gasteiger partial charge < -0.3 is 45.9 Å². The second-order valence-corrected chi connectivity index (χ2v) is 24.5. The number of esters is 1. The van der Waals surface area contributed by atoms with Gasteiger partial charge in [0, 0.05) is 38.9 Å². The van der Waals surface area contributed by atoms with Gasteiger partial charge in [-0.2, -0.15) is 0 Å². The van der Waals surface area contributed by atoms with Gasteiger partial charge in [-0.1, -0.05) is 114 Å². The Morgan fingerprint density at radius 1 is 0.718 bits per heavy atom. The van der Waals surface area contributed by atoms with E-state index in [1.54, 1.807) is 60.4 Å². The second kappa shape index (κ2) is 24.9. The minimum absolute atomic E-state index is 0.0268. The predicted octanol–water partition coefficient (Wildman–Crippen LogP) is 5.64. The molecule has 0 saturated carbocycles. The molecule has 0 radical (unpaired) electrons. The van der Waals surface area contributed by atoms with Crippen LogP contribution in [0.4, 0.5) is 4.79 Å². The van der Waals surface area contributed by atoms with Gasteiger partial charge >= 0.3 is 12.1 Å². The van der Waals surface area contributed by atoms with Gasteiger partial charge in [-0.25, -0.2) is 9.59 Å². The van der Waals surface area contributed by atoms with Crippen LogP contribution in [0.3, 0.4) is 0 Å². The molecule has 2 heterocycles. The lowest BCUT2D eigenvalue weighted by Gasteiger charge is -2.42. The molecule has 0 aromatic heterocycles. The molecule has 78 heavy (non-hydrogen) atoms. The van der Waals surface area contributed by atoms with Crippen molar-refractivity contribution < 1.29 is 47.8 Å². The predicted molar refractivity (Wildman–Crippen MR) is 296 cm³/mol. The molecule has 3 aliphatic rings. The molecule has 2 aliphatic heterocycles. The van der Waals surface area contributed by atoms with Crippen molar-refractivity contribution >= 4 is 47.5 Å². The first-order valence-corrected chi connectivity index (χ1v) is 27.3. The smallest absolute Gasteiger partial charge is 0.410 e. The largest absolute Gasteiger partial charge is 0.467 e. The quantitative estimate of drug-likeness (QED) is 0.110. The fourth-order valence-corrected chi connectivity index (χ4v) is 10.5. The number of nitrogens with zero attached hydrogens (tertiary/aromatic N) is 3. The number of benzene rings is 3. The fraction of sp³-hybridized carbons (Fsp3) is 0.567. The topological polar surface area (TPSA) is 225 Å². The Hall–Kier alpha value is -6.82. The van der Waals surface area contributed by atoms with E-state index < -0.39 is 100 Å². The van der Waals surface area contributed by atoms with Crippen LogP contribution in [0, 0.1) is 10.8 Å². The summed E-state index contributed by atoms with van der Waals surface area (Å²) in [6, 6.07) is 15.8. The molecule has 1 aliphatic carbocycles. The molecule has 3 aromatic carbocycles. The molecule has 0 unspecified atom stereocenters. The zero-order chi connectivity index (χ0) is 57.6. The molecule has 3 aromatic rings. The molecule has 18 nitrogen and oxygen atoms in total. The van der Waals surface area contributed by atoms with E-state index in [4.69, 9.17) is 9.47 Å². The van der Waals surface area contributed by atoms with Gasteiger partial charge in [0.15, 0.2) is 0 Å². The summed E-state index contributed by atoms with van der Waals surface area (Å²) in [6.07, 6.45) is 2.26. The third kappa shape index (κ3) is 14.6. The Balaban J connectivity index is 1.37. The first-order chi connectivity index (χ1) is 36.5. The Labute approximate surface area is 460 Å². The molecule has 9 atom stereocenters. The summed E-state index contributed by atoms with van der Waals surface area (Å²) in [6.45, 7) is 19.5. The van der Waals surface area contributed by atoms with E-state index in [-0.39, 0.29) is 50.2 Å². The maximum absolute atomic E-state index is 15.3. The highest BCUT2D eigenvalue weighted by molar-refractivity contribution is 5.96. The van der Waals surface area contributed by atoms with Crippen LogP contribution in [0.15, 0.2) is 72.8 Å². The van der Waals surface area contributed by atoms with Crippen LogP contribution in [0.5, 0.6) is 0 Å². The minimum Gasteiger partial charge on any atom is -0.467 e. The number of aryl methyl sites for hydroxylation is 1. The van der Waals surface area contributed by atoms with Gasteiger partial charge in [-0.15, -0.1) is 0 Å². The molecule has 7 amide bonds. The average molecular weight is 1080 g/mol. The number of ether oxygens (including phenoxy) is 2. The number of hydrogen-bond acceptors (Lipinski definition) is 11. The van der Waals surface area contributed by atoms with Crippen molar-refractivity contribution in [3.05, 3.63) is 106 Å². The van der Waals surface area contributed by atoms with Crippen molar-refractivity contribution in [2.45, 2.75) is 181 Å². The Morgan fingerprint density at radius 2 is 1.33 bits per heavy atom. The van der Waals surface area contributed by atoms with Gasteiger partial charge in [0.25, 0.3) is 0 Å². The summed E-state index contributed by atoms with van der Waals surface area (Å²) in [5, 5.41) is 15.0. The number of hydrogen-bond donors (Lipinski definition) is 5. The Morgan fingerprint density at radius 3 is 1.95 bits per heavy atom. The van der Waals surface area contributed by atoms with Crippen LogP contribution in [0.25, 0.3) is 0 Å². The monoisotopic (exact) mass is 1080 g/mol. The number of fused-ring (bicyclic) bond motifs is 2. The van der Waals surface area contributed by atoms with Crippen LogP contribution in [0.2, 0.25) is 0 Å². The maximum atomic E-state index is 15.3. The lowest BCUT2D eigenvalue weighted by molar-refractivity contribution is -0.147. The highest BCUT2D eigenvalue weighted by atomic mass is 16.6. The highest BCUT2D eigenvalue weighted by Crippen LogP contribution is 2.38. The average Bonchev–Trinajstić information content (AvgIpc) is 3.94. The van der Waals surface area contributed by atoms with E-state index in [2.05, 4.69) is 32.7 Å². The van der Waals surface area contributed by atoms with Crippen LogP contribution in [-0.2, 0) is 68.8 Å². The van der Waals surface area contributed by atoms with E-state index in [1.165, 1.54) is 31.5 Å². The number of nitrogens with one attached hydrogen (secondary N) is 5. The number of likely N-dealkylation sites (tertiary alicyclic amines) is 1. The van der Waals surface area contributed by atoms with Crippen molar-refractivity contribution in [3.63, 3.8) is 0 Å². The van der Waals surface area contributed by atoms with Gasteiger partial charge in [0.1, 0.15) is 41.9 Å². The summed E-state index contributed by atoms with van der Waals surface area (Å²) in [5.74, 6) is -3.96. The number of carbonyl (C=O) groups is 8. The molecule has 0 bridgehead atoms. The summed E-state index contributed by atoms with van der Waals surface area (Å²) in [4.78, 5) is 118. The van der Waals surface area contributed by atoms with Crippen LogP contribution in [0.1, 0.15) is 141 Å². The van der Waals surface area contributed by atoms with Crippen molar-refractivity contribution in [1.29, 1.82) is 0 Å². The Bertz CT molecular complexity index is 2690. The summed E-state index contributed by atoms with van der Waals surface area (Å²) in [5.41, 5.74) is 2.89. The number of carbonyl (C=O) groups excluding carboxylic acids is 8. The van der Waals surface area contributed by atoms with Crippen molar-refractivity contribution in [2.24, 2.45) is 10.8 Å².